The molecule has 3 fully saturated rings. The van der Waals surface area contributed by atoms with Crippen molar-refractivity contribution in [1.82, 2.24) is 0 Å². The van der Waals surface area contributed by atoms with Gasteiger partial charge in [-0.15, -0.1) is 0 Å². The molecular formula is C38H76O2. The summed E-state index contributed by atoms with van der Waals surface area (Å²) < 4.78 is 9.02. The molecule has 2 nitrogen and oxygen atoms in total. The standard InChI is InChI=1S/3C10H20.C6H10O.C2H6O/c3*1-2-4-6-8-10-9-7-5-3-1;1-3-5-7-6-4-2;1-3-2/h3*1-10H2;3-6H,1-2H3;1-2H3/b;;;5-3-,6-4-;. The summed E-state index contributed by atoms with van der Waals surface area (Å²) in [5.41, 5.74) is 0. The van der Waals surface area contributed by atoms with E-state index in [1.807, 2.05) is 26.0 Å². The van der Waals surface area contributed by atoms with Gasteiger partial charge in [0, 0.05) is 14.2 Å². The molecule has 0 aromatic carbocycles. The zero-order valence-corrected chi connectivity index (χ0v) is 28.3. The van der Waals surface area contributed by atoms with E-state index in [-0.39, 0.29) is 0 Å². The Hall–Kier alpha value is -0.760. The normalized spacial score (nSPS) is 20.4. The van der Waals surface area contributed by atoms with Gasteiger partial charge in [0.25, 0.3) is 0 Å². The summed E-state index contributed by atoms with van der Waals surface area (Å²) in [6.45, 7) is 3.81. The predicted molar refractivity (Wildman–Crippen MR) is 182 cm³/mol. The average Bonchev–Trinajstić information content (AvgIpc) is 3.00. The van der Waals surface area contributed by atoms with E-state index in [1.165, 1.54) is 193 Å². The van der Waals surface area contributed by atoms with Crippen LogP contribution < -0.4 is 0 Å². The molecule has 240 valence electrons. The molecule has 0 saturated heterocycles. The van der Waals surface area contributed by atoms with Gasteiger partial charge in [-0.1, -0.05) is 205 Å². The van der Waals surface area contributed by atoms with Crippen LogP contribution in [0.3, 0.4) is 0 Å². The van der Waals surface area contributed by atoms with Crippen molar-refractivity contribution in [3.05, 3.63) is 24.7 Å². The quantitative estimate of drug-likeness (QED) is 0.310. The Balaban J connectivity index is 0. The topological polar surface area (TPSA) is 18.5 Å². The van der Waals surface area contributed by atoms with E-state index < -0.39 is 0 Å². The largest absolute Gasteiger partial charge is 0.473 e. The molecule has 0 aromatic rings. The van der Waals surface area contributed by atoms with Crippen molar-refractivity contribution in [1.29, 1.82) is 0 Å². The Morgan fingerprint density at radius 1 is 0.275 bits per heavy atom. The fourth-order valence-corrected chi connectivity index (χ4v) is 5.51. The van der Waals surface area contributed by atoms with Gasteiger partial charge >= 0.3 is 0 Å². The van der Waals surface area contributed by atoms with E-state index in [9.17, 15) is 0 Å². The van der Waals surface area contributed by atoms with Crippen LogP contribution in [0.4, 0.5) is 0 Å². The summed E-state index contributed by atoms with van der Waals surface area (Å²) >= 11 is 0. The van der Waals surface area contributed by atoms with Crippen LogP contribution in [0, 0.1) is 0 Å². The maximum atomic E-state index is 4.77. The van der Waals surface area contributed by atoms with Crippen molar-refractivity contribution >= 4 is 0 Å². The fraction of sp³-hybridized carbons (Fsp3) is 0.895. The molecule has 0 bridgehead atoms. The van der Waals surface area contributed by atoms with Crippen molar-refractivity contribution in [3.8, 4) is 0 Å². The Bertz CT molecular complexity index is 299. The van der Waals surface area contributed by atoms with Crippen LogP contribution in [0.5, 0.6) is 0 Å². The lowest BCUT2D eigenvalue weighted by Gasteiger charge is -2.05. The molecule has 40 heavy (non-hydrogen) atoms. The minimum absolute atomic E-state index is 1.50. The number of rotatable bonds is 2. The third-order valence-electron chi connectivity index (χ3n) is 7.93. The fourth-order valence-electron chi connectivity index (χ4n) is 5.51. The molecule has 0 amide bonds. The highest BCUT2D eigenvalue weighted by atomic mass is 16.5. The second kappa shape index (κ2) is 42.7. The Morgan fingerprint density at radius 2 is 0.375 bits per heavy atom. The number of hydrogen-bond acceptors (Lipinski definition) is 2. The molecule has 0 aliphatic heterocycles. The van der Waals surface area contributed by atoms with E-state index in [0.717, 1.165) is 0 Å². The molecule has 0 heterocycles. The zero-order chi connectivity index (χ0) is 29.5. The van der Waals surface area contributed by atoms with Gasteiger partial charge in [0.15, 0.2) is 0 Å². The zero-order valence-electron chi connectivity index (χ0n) is 28.3. The summed E-state index contributed by atoms with van der Waals surface area (Å²) in [6, 6.07) is 0. The molecule has 3 aliphatic rings. The van der Waals surface area contributed by atoms with Gasteiger partial charge in [-0.05, 0) is 13.8 Å². The molecule has 3 aliphatic carbocycles. The molecule has 0 aromatic heterocycles. The van der Waals surface area contributed by atoms with Gasteiger partial charge in [0.1, 0.15) is 0 Å². The maximum absolute atomic E-state index is 4.77. The van der Waals surface area contributed by atoms with Gasteiger partial charge in [-0.3, -0.25) is 0 Å². The molecule has 0 N–H and O–H groups in total. The number of hydrogen-bond donors (Lipinski definition) is 0. The highest BCUT2D eigenvalue weighted by molar-refractivity contribution is 4.73. The first-order valence-electron chi connectivity index (χ1n) is 18.1. The molecule has 3 rings (SSSR count). The Labute approximate surface area is 254 Å². The highest BCUT2D eigenvalue weighted by Gasteiger charge is 1.97. The Kier molecular flexibility index (Phi) is 44.2. The smallest absolute Gasteiger partial charge is 0.0858 e. The van der Waals surface area contributed by atoms with Crippen LogP contribution >= 0.6 is 0 Å². The number of allylic oxidation sites excluding steroid dienone is 2. The molecular weight excluding hydrogens is 488 g/mol. The summed E-state index contributed by atoms with van der Waals surface area (Å²) in [4.78, 5) is 0. The summed E-state index contributed by atoms with van der Waals surface area (Å²) in [5.74, 6) is 0. The van der Waals surface area contributed by atoms with Crippen LogP contribution in [0.15, 0.2) is 24.7 Å². The van der Waals surface area contributed by atoms with Crippen molar-refractivity contribution in [2.24, 2.45) is 0 Å². The molecule has 0 spiro atoms. The lowest BCUT2D eigenvalue weighted by molar-refractivity contribution is 0.277. The monoisotopic (exact) mass is 565 g/mol. The van der Waals surface area contributed by atoms with E-state index in [0.29, 0.717) is 0 Å². The van der Waals surface area contributed by atoms with Crippen molar-refractivity contribution < 1.29 is 9.47 Å². The van der Waals surface area contributed by atoms with E-state index in [1.54, 1.807) is 26.7 Å². The number of methoxy groups -OCH3 is 1. The second-order valence-electron chi connectivity index (χ2n) is 12.1. The van der Waals surface area contributed by atoms with Crippen molar-refractivity contribution in [3.63, 3.8) is 0 Å². The highest BCUT2D eigenvalue weighted by Crippen LogP contribution is 2.17. The maximum Gasteiger partial charge on any atom is 0.0858 e. The first-order valence-corrected chi connectivity index (χ1v) is 18.1. The molecule has 0 radical (unpaired) electrons. The summed E-state index contributed by atoms with van der Waals surface area (Å²) in [7, 11) is 3.25. The minimum atomic E-state index is 1.50. The van der Waals surface area contributed by atoms with E-state index >= 15 is 0 Å². The first kappa shape index (κ1) is 41.4. The van der Waals surface area contributed by atoms with Gasteiger partial charge in [-0.25, -0.2) is 0 Å². The van der Waals surface area contributed by atoms with Crippen molar-refractivity contribution in [2.45, 2.75) is 206 Å². The second-order valence-corrected chi connectivity index (χ2v) is 12.1. The lowest BCUT2D eigenvalue weighted by Crippen LogP contribution is -1.85. The average molecular weight is 565 g/mol. The lowest BCUT2D eigenvalue weighted by atomic mass is 10.0. The SMILES string of the molecule is C/C=C\O/C=C\C.C1CCCCCCCCC1.C1CCCCCCCCC1.C1CCCCCCCCC1.COC. The summed E-state index contributed by atoms with van der Waals surface area (Å²) in [6.07, 6.45) is 51.9. The molecule has 3 saturated carbocycles. The van der Waals surface area contributed by atoms with Gasteiger partial charge in [0.2, 0.25) is 0 Å². The van der Waals surface area contributed by atoms with Crippen LogP contribution in [0.2, 0.25) is 0 Å². The van der Waals surface area contributed by atoms with Gasteiger partial charge < -0.3 is 9.47 Å². The molecule has 2 heteroatoms. The van der Waals surface area contributed by atoms with E-state index in [2.05, 4.69) is 4.74 Å². The molecule has 0 unspecified atom stereocenters. The first-order chi connectivity index (χ1) is 19.8. The van der Waals surface area contributed by atoms with Crippen LogP contribution in [0.1, 0.15) is 206 Å². The van der Waals surface area contributed by atoms with Gasteiger partial charge in [-0.2, -0.15) is 0 Å². The minimum Gasteiger partial charge on any atom is -0.473 e. The third-order valence-corrected chi connectivity index (χ3v) is 7.93. The van der Waals surface area contributed by atoms with Crippen LogP contribution in [-0.2, 0) is 9.47 Å². The summed E-state index contributed by atoms with van der Waals surface area (Å²) in [5, 5.41) is 0. The van der Waals surface area contributed by atoms with Gasteiger partial charge in [0.05, 0.1) is 12.5 Å². The van der Waals surface area contributed by atoms with E-state index in [4.69, 9.17) is 4.74 Å². The van der Waals surface area contributed by atoms with Crippen LogP contribution in [0.25, 0.3) is 0 Å². The molecule has 0 atom stereocenters. The predicted octanol–water partition coefficient (Wildman–Crippen LogP) is 14.0. The third kappa shape index (κ3) is 44.3. The van der Waals surface area contributed by atoms with Crippen LogP contribution in [-0.4, -0.2) is 14.2 Å². The number of ether oxygens (including phenoxy) is 2. The Morgan fingerprint density at radius 3 is 0.450 bits per heavy atom. The van der Waals surface area contributed by atoms with Crippen molar-refractivity contribution in [2.75, 3.05) is 14.2 Å².